The standard InChI is InChI=1S/C14H11ClN2O2/c15-10-6-9(16)7-11-13(10)19-12(14(18)17-11)8-4-2-1-3-5-8/h1-7,12H,16H2,(H,17,18). The summed E-state index contributed by atoms with van der Waals surface area (Å²) in [5.41, 5.74) is 7.44. The van der Waals surface area contributed by atoms with Gasteiger partial charge in [0.25, 0.3) is 5.91 Å². The van der Waals surface area contributed by atoms with Gasteiger partial charge in [0.1, 0.15) is 0 Å². The Balaban J connectivity index is 2.03. The number of rotatable bonds is 1. The van der Waals surface area contributed by atoms with Crippen LogP contribution in [-0.4, -0.2) is 5.91 Å². The molecule has 0 bridgehead atoms. The molecule has 2 aromatic carbocycles. The smallest absolute Gasteiger partial charge is 0.270 e. The lowest BCUT2D eigenvalue weighted by atomic mass is 10.1. The first-order valence-electron chi connectivity index (χ1n) is 5.76. The number of amides is 1. The first-order valence-corrected chi connectivity index (χ1v) is 6.14. The number of benzene rings is 2. The minimum atomic E-state index is -0.699. The van der Waals surface area contributed by atoms with Crippen LogP contribution in [0.2, 0.25) is 5.02 Å². The van der Waals surface area contributed by atoms with Gasteiger partial charge in [-0.25, -0.2) is 0 Å². The molecular weight excluding hydrogens is 264 g/mol. The van der Waals surface area contributed by atoms with Crippen LogP contribution in [0.4, 0.5) is 11.4 Å². The van der Waals surface area contributed by atoms with Crippen LogP contribution in [0, 0.1) is 0 Å². The van der Waals surface area contributed by atoms with Crippen molar-refractivity contribution in [2.45, 2.75) is 6.10 Å². The van der Waals surface area contributed by atoms with Crippen molar-refractivity contribution in [3.63, 3.8) is 0 Å². The topological polar surface area (TPSA) is 64.3 Å². The predicted molar refractivity (Wildman–Crippen MR) is 74.3 cm³/mol. The molecule has 0 saturated carbocycles. The molecule has 2 aromatic rings. The minimum absolute atomic E-state index is 0.236. The monoisotopic (exact) mass is 274 g/mol. The summed E-state index contributed by atoms with van der Waals surface area (Å²) in [6.45, 7) is 0. The number of ether oxygens (including phenoxy) is 1. The summed E-state index contributed by atoms with van der Waals surface area (Å²) in [5.74, 6) is 0.213. The lowest BCUT2D eigenvalue weighted by Gasteiger charge is -2.27. The number of nitrogens with one attached hydrogen (secondary N) is 1. The summed E-state index contributed by atoms with van der Waals surface area (Å²) >= 11 is 6.09. The molecule has 1 unspecified atom stereocenters. The molecule has 3 N–H and O–H groups in total. The fraction of sp³-hybridized carbons (Fsp3) is 0.0714. The predicted octanol–water partition coefficient (Wildman–Crippen LogP) is 2.99. The van der Waals surface area contributed by atoms with Gasteiger partial charge in [0.15, 0.2) is 5.75 Å². The Labute approximate surface area is 115 Å². The van der Waals surface area contributed by atoms with Crippen LogP contribution in [0.25, 0.3) is 0 Å². The minimum Gasteiger partial charge on any atom is -0.472 e. The van der Waals surface area contributed by atoms with E-state index in [1.807, 2.05) is 30.3 Å². The molecule has 4 nitrogen and oxygen atoms in total. The number of carbonyl (C=O) groups is 1. The molecule has 1 aliphatic rings. The zero-order chi connectivity index (χ0) is 13.4. The Kier molecular flexibility index (Phi) is 2.80. The van der Waals surface area contributed by atoms with Crippen molar-refractivity contribution in [2.24, 2.45) is 0 Å². The number of hydrogen-bond donors (Lipinski definition) is 2. The fourth-order valence-electron chi connectivity index (χ4n) is 2.04. The molecule has 1 amide bonds. The maximum atomic E-state index is 12.1. The number of anilines is 2. The molecule has 0 fully saturated rings. The Morgan fingerprint density at radius 3 is 2.68 bits per heavy atom. The van der Waals surface area contributed by atoms with Gasteiger partial charge in [0.2, 0.25) is 6.10 Å². The van der Waals surface area contributed by atoms with Gasteiger partial charge in [0.05, 0.1) is 10.7 Å². The van der Waals surface area contributed by atoms with Gasteiger partial charge in [0, 0.05) is 11.3 Å². The quantitative estimate of drug-likeness (QED) is 0.786. The highest BCUT2D eigenvalue weighted by Gasteiger charge is 2.30. The maximum absolute atomic E-state index is 12.1. The second kappa shape index (κ2) is 4.48. The van der Waals surface area contributed by atoms with E-state index in [0.717, 1.165) is 5.56 Å². The van der Waals surface area contributed by atoms with E-state index in [2.05, 4.69) is 5.32 Å². The van der Waals surface area contributed by atoms with Crippen LogP contribution in [0.3, 0.4) is 0 Å². The molecule has 1 atom stereocenters. The number of hydrogen-bond acceptors (Lipinski definition) is 3. The lowest BCUT2D eigenvalue weighted by molar-refractivity contribution is -0.123. The highest BCUT2D eigenvalue weighted by molar-refractivity contribution is 6.33. The normalized spacial score (nSPS) is 17.3. The zero-order valence-electron chi connectivity index (χ0n) is 9.89. The van der Waals surface area contributed by atoms with Crippen molar-refractivity contribution in [1.82, 2.24) is 0 Å². The molecule has 96 valence electrons. The van der Waals surface area contributed by atoms with Crippen molar-refractivity contribution < 1.29 is 9.53 Å². The summed E-state index contributed by atoms with van der Waals surface area (Å²) in [6.07, 6.45) is -0.699. The Morgan fingerprint density at radius 1 is 1.21 bits per heavy atom. The van der Waals surface area contributed by atoms with E-state index < -0.39 is 6.10 Å². The molecule has 5 heteroatoms. The van der Waals surface area contributed by atoms with Gasteiger partial charge in [-0.2, -0.15) is 0 Å². The molecule has 0 radical (unpaired) electrons. The Bertz CT molecular complexity index is 643. The van der Waals surface area contributed by atoms with E-state index in [0.29, 0.717) is 22.1 Å². The summed E-state index contributed by atoms with van der Waals surface area (Å²) in [7, 11) is 0. The highest BCUT2D eigenvalue weighted by Crippen LogP contribution is 2.41. The number of fused-ring (bicyclic) bond motifs is 1. The largest absolute Gasteiger partial charge is 0.472 e. The molecular formula is C14H11ClN2O2. The SMILES string of the molecule is Nc1cc(Cl)c2c(c1)NC(=O)C(c1ccccc1)O2. The van der Waals surface area contributed by atoms with E-state index in [4.69, 9.17) is 22.1 Å². The average Bonchev–Trinajstić information content (AvgIpc) is 2.38. The third-order valence-corrected chi connectivity index (χ3v) is 3.18. The van der Waals surface area contributed by atoms with Crippen molar-refractivity contribution in [3.8, 4) is 5.75 Å². The molecule has 3 rings (SSSR count). The highest BCUT2D eigenvalue weighted by atomic mass is 35.5. The van der Waals surface area contributed by atoms with E-state index in [9.17, 15) is 4.79 Å². The van der Waals surface area contributed by atoms with Crippen LogP contribution >= 0.6 is 11.6 Å². The van der Waals surface area contributed by atoms with E-state index in [1.54, 1.807) is 12.1 Å². The molecule has 1 heterocycles. The fourth-order valence-corrected chi connectivity index (χ4v) is 2.32. The summed E-state index contributed by atoms with van der Waals surface area (Å²) in [4.78, 5) is 12.1. The number of nitrogens with two attached hydrogens (primary N) is 1. The van der Waals surface area contributed by atoms with Crippen LogP contribution in [0.5, 0.6) is 5.75 Å². The molecule has 1 aliphatic heterocycles. The van der Waals surface area contributed by atoms with Crippen molar-refractivity contribution in [2.75, 3.05) is 11.1 Å². The second-order valence-electron chi connectivity index (χ2n) is 4.28. The van der Waals surface area contributed by atoms with Crippen LogP contribution in [0.1, 0.15) is 11.7 Å². The summed E-state index contributed by atoms with van der Waals surface area (Å²) < 4.78 is 5.72. The van der Waals surface area contributed by atoms with Crippen LogP contribution < -0.4 is 15.8 Å². The molecule has 0 spiro atoms. The van der Waals surface area contributed by atoms with Gasteiger partial charge < -0.3 is 15.8 Å². The van der Waals surface area contributed by atoms with E-state index in [-0.39, 0.29) is 5.91 Å². The maximum Gasteiger partial charge on any atom is 0.270 e. The van der Waals surface area contributed by atoms with Gasteiger partial charge in [-0.05, 0) is 12.1 Å². The first-order chi connectivity index (χ1) is 9.15. The molecule has 0 aromatic heterocycles. The average molecular weight is 275 g/mol. The van der Waals surface area contributed by atoms with Gasteiger partial charge in [-0.1, -0.05) is 41.9 Å². The third-order valence-electron chi connectivity index (χ3n) is 2.90. The third kappa shape index (κ3) is 2.11. The van der Waals surface area contributed by atoms with Crippen molar-refractivity contribution >= 4 is 28.9 Å². The summed E-state index contributed by atoms with van der Waals surface area (Å²) in [6, 6.07) is 12.5. The van der Waals surface area contributed by atoms with Gasteiger partial charge in [-0.3, -0.25) is 4.79 Å². The van der Waals surface area contributed by atoms with Crippen molar-refractivity contribution in [3.05, 3.63) is 53.1 Å². The van der Waals surface area contributed by atoms with Gasteiger partial charge in [-0.15, -0.1) is 0 Å². The van der Waals surface area contributed by atoms with Crippen LogP contribution in [-0.2, 0) is 4.79 Å². The Morgan fingerprint density at radius 2 is 1.95 bits per heavy atom. The number of nitrogen functional groups attached to an aromatic ring is 1. The zero-order valence-corrected chi connectivity index (χ0v) is 10.6. The first kappa shape index (κ1) is 11.9. The van der Waals surface area contributed by atoms with Crippen molar-refractivity contribution in [1.29, 1.82) is 0 Å². The van der Waals surface area contributed by atoms with Gasteiger partial charge >= 0.3 is 0 Å². The Hall–Kier alpha value is -2.20. The molecule has 0 saturated heterocycles. The summed E-state index contributed by atoms with van der Waals surface area (Å²) in [5, 5.41) is 3.15. The number of halogens is 1. The van der Waals surface area contributed by atoms with E-state index in [1.165, 1.54) is 0 Å². The lowest BCUT2D eigenvalue weighted by Crippen LogP contribution is -2.30. The van der Waals surface area contributed by atoms with Crippen LogP contribution in [0.15, 0.2) is 42.5 Å². The molecule has 0 aliphatic carbocycles. The number of carbonyl (C=O) groups excluding carboxylic acids is 1. The molecule has 19 heavy (non-hydrogen) atoms. The second-order valence-corrected chi connectivity index (χ2v) is 4.68. The van der Waals surface area contributed by atoms with E-state index >= 15 is 0 Å².